The Balaban J connectivity index is 2.10. The van der Waals surface area contributed by atoms with Gasteiger partial charge in [0, 0.05) is 19.3 Å². The summed E-state index contributed by atoms with van der Waals surface area (Å²) in [4.78, 5) is 16.1. The lowest BCUT2D eigenvalue weighted by Crippen LogP contribution is -2.18. The highest BCUT2D eigenvalue weighted by Crippen LogP contribution is 2.30. The van der Waals surface area contributed by atoms with Crippen LogP contribution >= 0.6 is 0 Å². The van der Waals surface area contributed by atoms with E-state index in [0.717, 1.165) is 10.9 Å². The van der Waals surface area contributed by atoms with Crippen molar-refractivity contribution in [3.8, 4) is 5.88 Å². The number of amides is 1. The van der Waals surface area contributed by atoms with Gasteiger partial charge in [0.2, 0.25) is 5.88 Å². The Morgan fingerprint density at radius 1 is 1.38 bits per heavy atom. The lowest BCUT2D eigenvalue weighted by atomic mass is 10.2. The number of nitrogens with one attached hydrogen (secondary N) is 1. The average Bonchev–Trinajstić information content (AvgIpc) is 2.89. The molecule has 2 aromatic rings. The molecule has 0 spiro atoms. The van der Waals surface area contributed by atoms with Crippen molar-refractivity contribution in [2.45, 2.75) is 20.0 Å². The largest absolute Gasteiger partial charge is 0.477 e. The highest BCUT2D eigenvalue weighted by molar-refractivity contribution is 6.05. The zero-order valence-electron chi connectivity index (χ0n) is 13.4. The van der Waals surface area contributed by atoms with E-state index in [2.05, 4.69) is 15.4 Å². The number of ether oxygens (including phenoxy) is 1. The number of alkyl halides is 3. The zero-order valence-corrected chi connectivity index (χ0v) is 13.4. The van der Waals surface area contributed by atoms with Crippen molar-refractivity contribution in [1.29, 1.82) is 0 Å². The number of hydrogen-bond acceptors (Lipinski definition) is 4. The number of hydrogen-bond donors (Lipinski definition) is 1. The Morgan fingerprint density at radius 2 is 2.08 bits per heavy atom. The van der Waals surface area contributed by atoms with E-state index in [1.807, 2.05) is 13.8 Å². The molecule has 0 radical (unpaired) electrons. The van der Waals surface area contributed by atoms with Gasteiger partial charge in [-0.3, -0.25) is 9.48 Å². The Bertz CT molecular complexity index is 708. The van der Waals surface area contributed by atoms with Gasteiger partial charge in [-0.15, -0.1) is 0 Å². The van der Waals surface area contributed by atoms with Gasteiger partial charge < -0.3 is 10.1 Å². The van der Waals surface area contributed by atoms with E-state index < -0.39 is 23.3 Å². The second-order valence-corrected chi connectivity index (χ2v) is 5.61. The topological polar surface area (TPSA) is 69.0 Å². The number of aryl methyl sites for hydroxylation is 1. The second kappa shape index (κ2) is 6.90. The summed E-state index contributed by atoms with van der Waals surface area (Å²) >= 11 is 0. The number of anilines is 1. The molecule has 2 aromatic heterocycles. The summed E-state index contributed by atoms with van der Waals surface area (Å²) < 4.78 is 45.0. The standard InChI is InChI=1S/C15H17F3N4O2/c1-9(2)8-24-12-5-4-10(6-19-12)20-14(23)11-7-22(3)21-13(11)15(16,17)18/h4-7,9H,8H2,1-3H3,(H,20,23). The number of pyridine rings is 1. The van der Waals surface area contributed by atoms with Gasteiger partial charge in [-0.2, -0.15) is 18.3 Å². The van der Waals surface area contributed by atoms with Gasteiger partial charge in [-0.1, -0.05) is 13.8 Å². The predicted molar refractivity (Wildman–Crippen MR) is 80.7 cm³/mol. The zero-order chi connectivity index (χ0) is 17.9. The van der Waals surface area contributed by atoms with Crippen LogP contribution in [0.2, 0.25) is 0 Å². The summed E-state index contributed by atoms with van der Waals surface area (Å²) in [6.07, 6.45) is -2.37. The first-order valence-electron chi connectivity index (χ1n) is 7.18. The molecule has 2 rings (SSSR count). The Kier molecular flexibility index (Phi) is 5.10. The van der Waals surface area contributed by atoms with E-state index >= 15 is 0 Å². The van der Waals surface area contributed by atoms with Crippen LogP contribution in [0.3, 0.4) is 0 Å². The van der Waals surface area contributed by atoms with E-state index in [0.29, 0.717) is 18.4 Å². The van der Waals surface area contributed by atoms with Crippen molar-refractivity contribution in [1.82, 2.24) is 14.8 Å². The van der Waals surface area contributed by atoms with Crippen LogP contribution in [-0.4, -0.2) is 27.3 Å². The summed E-state index contributed by atoms with van der Waals surface area (Å²) in [6, 6.07) is 3.04. The first-order chi connectivity index (χ1) is 11.2. The molecule has 0 bridgehead atoms. The van der Waals surface area contributed by atoms with Gasteiger partial charge in [-0.05, 0) is 12.0 Å². The number of carbonyl (C=O) groups excluding carboxylic acids is 1. The Morgan fingerprint density at radius 3 is 2.62 bits per heavy atom. The summed E-state index contributed by atoms with van der Waals surface area (Å²) in [7, 11) is 1.31. The molecule has 24 heavy (non-hydrogen) atoms. The van der Waals surface area contributed by atoms with Crippen LogP contribution in [0.15, 0.2) is 24.5 Å². The lowest BCUT2D eigenvalue weighted by Gasteiger charge is -2.09. The van der Waals surface area contributed by atoms with Gasteiger partial charge in [0.25, 0.3) is 5.91 Å². The van der Waals surface area contributed by atoms with Crippen LogP contribution in [-0.2, 0) is 13.2 Å². The number of carbonyl (C=O) groups is 1. The van der Waals surface area contributed by atoms with Crippen molar-refractivity contribution in [3.63, 3.8) is 0 Å². The fourth-order valence-electron chi connectivity index (χ4n) is 1.85. The molecular formula is C15H17F3N4O2. The molecule has 6 nitrogen and oxygen atoms in total. The molecular weight excluding hydrogens is 325 g/mol. The third-order valence-electron chi connectivity index (χ3n) is 2.90. The van der Waals surface area contributed by atoms with E-state index in [1.165, 1.54) is 25.4 Å². The molecule has 9 heteroatoms. The Labute approximate surface area is 136 Å². The smallest absolute Gasteiger partial charge is 0.435 e. The maximum absolute atomic E-state index is 12.9. The molecule has 0 aliphatic heterocycles. The monoisotopic (exact) mass is 342 g/mol. The SMILES string of the molecule is CC(C)COc1ccc(NC(=O)c2cn(C)nc2C(F)(F)F)cn1. The molecule has 0 saturated carbocycles. The lowest BCUT2D eigenvalue weighted by molar-refractivity contribution is -0.141. The summed E-state index contributed by atoms with van der Waals surface area (Å²) in [5.41, 5.74) is -1.52. The minimum absolute atomic E-state index is 0.258. The van der Waals surface area contributed by atoms with Gasteiger partial charge in [0.05, 0.1) is 24.1 Å². The van der Waals surface area contributed by atoms with E-state index in [9.17, 15) is 18.0 Å². The quantitative estimate of drug-likeness (QED) is 0.906. The van der Waals surface area contributed by atoms with E-state index in [-0.39, 0.29) is 5.69 Å². The molecule has 0 aliphatic carbocycles. The third kappa shape index (κ3) is 4.46. The summed E-state index contributed by atoms with van der Waals surface area (Å²) in [5, 5.41) is 5.66. The summed E-state index contributed by atoms with van der Waals surface area (Å²) in [5.74, 6) is -0.204. The van der Waals surface area contributed by atoms with Crippen molar-refractivity contribution in [2.24, 2.45) is 13.0 Å². The van der Waals surface area contributed by atoms with Gasteiger partial charge in [0.15, 0.2) is 5.69 Å². The van der Waals surface area contributed by atoms with Crippen LogP contribution in [0.25, 0.3) is 0 Å². The van der Waals surface area contributed by atoms with Crippen molar-refractivity contribution < 1.29 is 22.7 Å². The van der Waals surface area contributed by atoms with Gasteiger partial charge >= 0.3 is 6.18 Å². The maximum Gasteiger partial charge on any atom is 0.435 e. The summed E-state index contributed by atoms with van der Waals surface area (Å²) in [6.45, 7) is 4.46. The minimum atomic E-state index is -4.71. The van der Waals surface area contributed by atoms with Crippen LogP contribution in [0.4, 0.5) is 18.9 Å². The van der Waals surface area contributed by atoms with Crippen LogP contribution in [0, 0.1) is 5.92 Å². The molecule has 0 aromatic carbocycles. The molecule has 130 valence electrons. The minimum Gasteiger partial charge on any atom is -0.477 e. The number of rotatable bonds is 5. The Hall–Kier alpha value is -2.58. The number of halogens is 3. The molecule has 1 amide bonds. The van der Waals surface area contributed by atoms with Crippen LogP contribution < -0.4 is 10.1 Å². The van der Waals surface area contributed by atoms with Crippen LogP contribution in [0.5, 0.6) is 5.88 Å². The first-order valence-corrected chi connectivity index (χ1v) is 7.18. The molecule has 0 saturated heterocycles. The highest BCUT2D eigenvalue weighted by Gasteiger charge is 2.39. The predicted octanol–water partition coefficient (Wildman–Crippen LogP) is 3.12. The average molecular weight is 342 g/mol. The van der Waals surface area contributed by atoms with E-state index in [4.69, 9.17) is 4.74 Å². The maximum atomic E-state index is 12.9. The van der Waals surface area contributed by atoms with Crippen LogP contribution in [0.1, 0.15) is 29.9 Å². The van der Waals surface area contributed by atoms with Gasteiger partial charge in [0.1, 0.15) is 0 Å². The van der Waals surface area contributed by atoms with Crippen molar-refractivity contribution in [2.75, 3.05) is 11.9 Å². The molecule has 2 heterocycles. The van der Waals surface area contributed by atoms with Gasteiger partial charge in [-0.25, -0.2) is 4.98 Å². The van der Waals surface area contributed by atoms with Crippen molar-refractivity contribution in [3.05, 3.63) is 35.8 Å². The van der Waals surface area contributed by atoms with E-state index in [1.54, 1.807) is 0 Å². The normalized spacial score (nSPS) is 11.6. The third-order valence-corrected chi connectivity index (χ3v) is 2.90. The molecule has 0 atom stereocenters. The number of aromatic nitrogens is 3. The first kappa shape index (κ1) is 17.8. The fraction of sp³-hybridized carbons (Fsp3) is 0.400. The second-order valence-electron chi connectivity index (χ2n) is 5.61. The number of nitrogens with zero attached hydrogens (tertiary/aromatic N) is 3. The molecule has 1 N–H and O–H groups in total. The molecule has 0 aliphatic rings. The van der Waals surface area contributed by atoms with Crippen molar-refractivity contribution >= 4 is 11.6 Å². The molecule has 0 unspecified atom stereocenters. The highest BCUT2D eigenvalue weighted by atomic mass is 19.4. The fourth-order valence-corrected chi connectivity index (χ4v) is 1.85. The molecule has 0 fully saturated rings.